The quantitative estimate of drug-likeness (QED) is 0.652. The highest BCUT2D eigenvalue weighted by molar-refractivity contribution is 5.60. The zero-order chi connectivity index (χ0) is 22.5. The molecule has 6 rings (SSSR count). The van der Waals surface area contributed by atoms with Crippen LogP contribution >= 0.6 is 0 Å². The van der Waals surface area contributed by atoms with Crippen LogP contribution in [0.25, 0.3) is 0 Å². The Kier molecular flexibility index (Phi) is 4.92. The van der Waals surface area contributed by atoms with E-state index in [0.29, 0.717) is 29.4 Å². The summed E-state index contributed by atoms with van der Waals surface area (Å²) in [6.07, 6.45) is 5.01. The van der Waals surface area contributed by atoms with Crippen molar-refractivity contribution in [2.75, 3.05) is 34.8 Å². The van der Waals surface area contributed by atoms with Gasteiger partial charge in [-0.2, -0.15) is 4.98 Å². The first-order valence-electron chi connectivity index (χ1n) is 11.8. The van der Waals surface area contributed by atoms with Gasteiger partial charge in [-0.05, 0) is 62.6 Å². The Balaban J connectivity index is 1.21. The maximum Gasteiger partial charge on any atom is 0.244 e. The molecule has 1 N–H and O–H groups in total. The fourth-order valence-corrected chi connectivity index (χ4v) is 5.63. The smallest absolute Gasteiger partial charge is 0.244 e. The number of nitrogens with one attached hydrogen (secondary N) is 1. The number of nitrogens with zero attached hydrogens (tertiary/aromatic N) is 7. The summed E-state index contributed by atoms with van der Waals surface area (Å²) in [6, 6.07) is 7.81. The van der Waals surface area contributed by atoms with Gasteiger partial charge in [-0.3, -0.25) is 0 Å². The number of benzene rings is 1. The lowest BCUT2D eigenvalue weighted by Gasteiger charge is -2.38. The van der Waals surface area contributed by atoms with Gasteiger partial charge in [0.15, 0.2) is 0 Å². The first kappa shape index (κ1) is 20.4. The molecular formula is C24H29FN8. The van der Waals surface area contributed by atoms with E-state index in [1.54, 1.807) is 19.3 Å². The van der Waals surface area contributed by atoms with Crippen molar-refractivity contribution >= 4 is 23.4 Å². The highest BCUT2D eigenvalue weighted by Crippen LogP contribution is 2.40. The van der Waals surface area contributed by atoms with Crippen molar-refractivity contribution in [1.29, 1.82) is 0 Å². The predicted octanol–water partition coefficient (Wildman–Crippen LogP) is 3.69. The molecule has 0 spiro atoms. The van der Waals surface area contributed by atoms with Gasteiger partial charge in [-0.15, -0.1) is 5.10 Å². The van der Waals surface area contributed by atoms with E-state index in [-0.39, 0.29) is 5.82 Å². The maximum atomic E-state index is 14.2. The standard InChI is InChI=1S/C24H29FN8/c1-15-4-7-19(11-20(15)25)32-8-3-9-33-24(32)29-23(30-33)28-22-17-5-6-18(22)13-31(12-17)21-10-16(2)26-14-27-21/h4,7,10-11,14,17-18,22H,3,5-6,8-9,12-13H2,1-2H3,(H,28,30)/t17-,18+,22+. The minimum Gasteiger partial charge on any atom is -0.356 e. The summed E-state index contributed by atoms with van der Waals surface area (Å²) in [5.41, 5.74) is 2.48. The van der Waals surface area contributed by atoms with Crippen LogP contribution in [-0.2, 0) is 6.54 Å². The zero-order valence-electron chi connectivity index (χ0n) is 19.1. The highest BCUT2D eigenvalue weighted by atomic mass is 19.1. The van der Waals surface area contributed by atoms with E-state index in [0.717, 1.165) is 55.7 Å². The molecule has 2 aliphatic heterocycles. The number of anilines is 4. The molecule has 2 bridgehead atoms. The van der Waals surface area contributed by atoms with Crippen molar-refractivity contribution < 1.29 is 4.39 Å². The molecule has 0 amide bonds. The summed E-state index contributed by atoms with van der Waals surface area (Å²) >= 11 is 0. The minimum absolute atomic E-state index is 0.190. The van der Waals surface area contributed by atoms with E-state index in [9.17, 15) is 4.39 Å². The van der Waals surface area contributed by atoms with Gasteiger partial charge in [-0.25, -0.2) is 19.0 Å². The van der Waals surface area contributed by atoms with Crippen LogP contribution in [0.2, 0.25) is 0 Å². The van der Waals surface area contributed by atoms with Crippen molar-refractivity contribution in [2.45, 2.75) is 45.7 Å². The first-order valence-corrected chi connectivity index (χ1v) is 11.8. The number of aromatic nitrogens is 5. The summed E-state index contributed by atoms with van der Waals surface area (Å²) in [6.45, 7) is 7.38. The van der Waals surface area contributed by atoms with Crippen molar-refractivity contribution in [2.24, 2.45) is 11.8 Å². The second-order valence-electron chi connectivity index (χ2n) is 9.59. The van der Waals surface area contributed by atoms with Crippen LogP contribution in [0, 0.1) is 31.5 Å². The summed E-state index contributed by atoms with van der Waals surface area (Å²) in [5, 5.41) is 8.44. The number of hydrogen-bond acceptors (Lipinski definition) is 7. The zero-order valence-corrected chi connectivity index (χ0v) is 19.1. The molecule has 2 aromatic heterocycles. The second-order valence-corrected chi connectivity index (χ2v) is 9.59. The van der Waals surface area contributed by atoms with Crippen LogP contribution in [0.4, 0.5) is 27.8 Å². The summed E-state index contributed by atoms with van der Waals surface area (Å²) < 4.78 is 16.1. The minimum atomic E-state index is -0.190. The number of aryl methyl sites for hydroxylation is 3. The molecule has 3 atom stereocenters. The third-order valence-electron chi connectivity index (χ3n) is 7.36. The van der Waals surface area contributed by atoms with Crippen molar-refractivity contribution in [1.82, 2.24) is 24.7 Å². The predicted molar refractivity (Wildman–Crippen MR) is 125 cm³/mol. The molecule has 9 heteroatoms. The van der Waals surface area contributed by atoms with E-state index in [1.165, 1.54) is 12.8 Å². The molecule has 0 unspecified atom stereocenters. The normalized spacial score (nSPS) is 24.2. The lowest BCUT2D eigenvalue weighted by Crippen LogP contribution is -2.48. The Morgan fingerprint density at radius 1 is 1.03 bits per heavy atom. The van der Waals surface area contributed by atoms with Gasteiger partial charge in [0.1, 0.15) is 18.0 Å². The number of hydrogen-bond donors (Lipinski definition) is 1. The number of piperidine rings is 1. The summed E-state index contributed by atoms with van der Waals surface area (Å²) in [4.78, 5) is 18.0. The molecule has 0 radical (unpaired) electrons. The molecular weight excluding hydrogens is 419 g/mol. The summed E-state index contributed by atoms with van der Waals surface area (Å²) in [5.74, 6) is 3.36. The van der Waals surface area contributed by atoms with Gasteiger partial charge in [0.25, 0.3) is 0 Å². The van der Waals surface area contributed by atoms with Crippen LogP contribution in [0.3, 0.4) is 0 Å². The highest BCUT2D eigenvalue weighted by Gasteiger charge is 2.43. The van der Waals surface area contributed by atoms with E-state index in [2.05, 4.69) is 31.2 Å². The maximum absolute atomic E-state index is 14.2. The molecule has 1 aliphatic carbocycles. The molecule has 1 saturated heterocycles. The summed E-state index contributed by atoms with van der Waals surface area (Å²) in [7, 11) is 0. The van der Waals surface area contributed by atoms with Crippen LogP contribution in [0.5, 0.6) is 0 Å². The van der Waals surface area contributed by atoms with E-state index in [1.807, 2.05) is 23.7 Å². The molecule has 1 saturated carbocycles. The molecule has 3 aromatic rings. The van der Waals surface area contributed by atoms with Crippen molar-refractivity contribution in [3.63, 3.8) is 0 Å². The van der Waals surface area contributed by atoms with E-state index >= 15 is 0 Å². The van der Waals surface area contributed by atoms with Crippen LogP contribution in [-0.4, -0.2) is 50.4 Å². The monoisotopic (exact) mass is 448 g/mol. The average molecular weight is 449 g/mol. The topological polar surface area (TPSA) is 75.0 Å². The van der Waals surface area contributed by atoms with Crippen LogP contribution < -0.4 is 15.1 Å². The first-order chi connectivity index (χ1) is 16.0. The molecule has 4 heterocycles. The molecule has 2 fully saturated rings. The van der Waals surface area contributed by atoms with E-state index in [4.69, 9.17) is 10.1 Å². The van der Waals surface area contributed by atoms with Gasteiger partial charge in [0.2, 0.25) is 11.9 Å². The Labute approximate surface area is 192 Å². The molecule has 1 aromatic carbocycles. The third kappa shape index (κ3) is 3.69. The van der Waals surface area contributed by atoms with Crippen molar-refractivity contribution in [3.05, 3.63) is 47.7 Å². The van der Waals surface area contributed by atoms with Gasteiger partial charge in [0, 0.05) is 49.7 Å². The molecule has 8 nitrogen and oxygen atoms in total. The second kappa shape index (κ2) is 7.97. The van der Waals surface area contributed by atoms with Gasteiger partial charge >= 0.3 is 0 Å². The fraction of sp³-hybridized carbons (Fsp3) is 0.500. The van der Waals surface area contributed by atoms with Gasteiger partial charge < -0.3 is 15.1 Å². The number of halogens is 1. The van der Waals surface area contributed by atoms with E-state index < -0.39 is 0 Å². The Morgan fingerprint density at radius 3 is 2.61 bits per heavy atom. The molecule has 33 heavy (non-hydrogen) atoms. The lowest BCUT2D eigenvalue weighted by molar-refractivity contribution is 0.374. The van der Waals surface area contributed by atoms with Crippen molar-refractivity contribution in [3.8, 4) is 0 Å². The Hall–Kier alpha value is -3.23. The largest absolute Gasteiger partial charge is 0.356 e. The SMILES string of the molecule is Cc1cc(N2C[C@H]3CC[C@@H](C2)[C@H]3Nc2nc3n(n2)CCCN3c2ccc(C)c(F)c2)ncn1. The Morgan fingerprint density at radius 2 is 1.85 bits per heavy atom. The molecule has 172 valence electrons. The molecule has 3 aliphatic rings. The fourth-order valence-electron chi connectivity index (χ4n) is 5.63. The van der Waals surface area contributed by atoms with Gasteiger partial charge in [-0.1, -0.05) is 6.07 Å². The number of fused-ring (bicyclic) bond motifs is 3. The Bertz CT molecular complexity index is 1160. The average Bonchev–Trinajstić information content (AvgIpc) is 3.31. The van der Waals surface area contributed by atoms with Gasteiger partial charge in [0.05, 0.1) is 0 Å². The third-order valence-corrected chi connectivity index (χ3v) is 7.36. The van der Waals surface area contributed by atoms with Crippen LogP contribution in [0.15, 0.2) is 30.6 Å². The lowest BCUT2D eigenvalue weighted by atomic mass is 9.92. The van der Waals surface area contributed by atoms with Crippen LogP contribution in [0.1, 0.15) is 30.5 Å². The number of rotatable bonds is 4.